The van der Waals surface area contributed by atoms with Crippen LogP contribution in [0.4, 0.5) is 0 Å². The average Bonchev–Trinajstić information content (AvgIpc) is 2.73. The Hall–Kier alpha value is -2.32. The van der Waals surface area contributed by atoms with Crippen LogP contribution in [0.3, 0.4) is 0 Å². The van der Waals surface area contributed by atoms with E-state index in [-0.39, 0.29) is 10.5 Å². The summed E-state index contributed by atoms with van der Waals surface area (Å²) in [5.41, 5.74) is 3.75. The first-order valence-electron chi connectivity index (χ1n) is 9.62. The van der Waals surface area contributed by atoms with Crippen molar-refractivity contribution in [3.63, 3.8) is 0 Å². The minimum absolute atomic E-state index is 0.0181. The third kappa shape index (κ3) is 4.70. The molecule has 1 nitrogen and oxygen atoms in total. The van der Waals surface area contributed by atoms with Crippen molar-refractivity contribution < 1.29 is 4.79 Å². The lowest BCUT2D eigenvalue weighted by molar-refractivity contribution is -0.110. The molecule has 3 aromatic rings. The normalized spacial score (nSPS) is 11.3. The zero-order valence-corrected chi connectivity index (χ0v) is 16.4. The van der Waals surface area contributed by atoms with Crippen LogP contribution in [-0.2, 0) is 10.2 Å². The van der Waals surface area contributed by atoms with Gasteiger partial charge in [0.2, 0.25) is 0 Å². The molecular weight excluding hydrogens is 348 g/mol. The quantitative estimate of drug-likeness (QED) is 0.259. The van der Waals surface area contributed by atoms with Gasteiger partial charge in [0, 0.05) is 11.8 Å². The van der Waals surface area contributed by atoms with Crippen LogP contribution in [0.25, 0.3) is 0 Å². The van der Waals surface area contributed by atoms with Crippen molar-refractivity contribution >= 4 is 17.7 Å². The highest BCUT2D eigenvalue weighted by Crippen LogP contribution is 2.43. The lowest BCUT2D eigenvalue weighted by Gasteiger charge is -2.36. The van der Waals surface area contributed by atoms with Crippen LogP contribution in [0.15, 0.2) is 91.0 Å². The first kappa shape index (κ1) is 19.4. The highest BCUT2D eigenvalue weighted by atomic mass is 32.1. The van der Waals surface area contributed by atoms with Crippen LogP contribution in [0.5, 0.6) is 0 Å². The van der Waals surface area contributed by atoms with Gasteiger partial charge in [0.15, 0.2) is 5.12 Å². The SMILES string of the molecule is O=C(S)CCCCCC(c1ccccc1)(c1ccccc1)c1ccccc1. The highest BCUT2D eigenvalue weighted by molar-refractivity contribution is 7.96. The van der Waals surface area contributed by atoms with E-state index < -0.39 is 0 Å². The molecule has 3 rings (SSSR count). The minimum atomic E-state index is -0.186. The molecule has 0 aliphatic rings. The Balaban J connectivity index is 2.02. The summed E-state index contributed by atoms with van der Waals surface area (Å²) in [6, 6.07) is 32.3. The predicted molar refractivity (Wildman–Crippen MR) is 116 cm³/mol. The summed E-state index contributed by atoms with van der Waals surface area (Å²) in [5, 5.41) is -0.0181. The second-order valence-electron chi connectivity index (χ2n) is 6.96. The van der Waals surface area contributed by atoms with Crippen LogP contribution in [0.1, 0.15) is 48.8 Å². The summed E-state index contributed by atoms with van der Waals surface area (Å²) < 4.78 is 0. The van der Waals surface area contributed by atoms with Crippen molar-refractivity contribution in [1.29, 1.82) is 0 Å². The van der Waals surface area contributed by atoms with Crippen LogP contribution in [-0.4, -0.2) is 5.12 Å². The van der Waals surface area contributed by atoms with Gasteiger partial charge in [-0.25, -0.2) is 0 Å². The Bertz CT molecular complexity index is 731. The topological polar surface area (TPSA) is 17.1 Å². The van der Waals surface area contributed by atoms with Crippen LogP contribution in [0, 0.1) is 0 Å². The fourth-order valence-corrected chi connectivity index (χ4v) is 4.10. The zero-order valence-electron chi connectivity index (χ0n) is 15.6. The molecule has 0 aliphatic carbocycles. The number of rotatable bonds is 9. The van der Waals surface area contributed by atoms with E-state index in [2.05, 4.69) is 104 Å². The van der Waals surface area contributed by atoms with Crippen LogP contribution in [0.2, 0.25) is 0 Å². The number of thiol groups is 1. The maximum atomic E-state index is 11.1. The third-order valence-electron chi connectivity index (χ3n) is 5.24. The van der Waals surface area contributed by atoms with Crippen molar-refractivity contribution in [2.45, 2.75) is 37.5 Å². The van der Waals surface area contributed by atoms with Gasteiger partial charge in [-0.3, -0.25) is 4.79 Å². The Morgan fingerprint density at radius 2 is 1.04 bits per heavy atom. The standard InChI is InChI=1S/C25H26OS/c26-24(27)19-11-4-12-20-25(21-13-5-1-6-14-21,22-15-7-2-8-16-22)23-17-9-3-10-18-23/h1-3,5-10,13-18H,4,11-12,19-20H2,(H,26,27). The van der Waals surface area contributed by atoms with Crippen molar-refractivity contribution in [3.8, 4) is 0 Å². The Kier molecular flexibility index (Phi) is 6.89. The first-order chi connectivity index (χ1) is 13.2. The van der Waals surface area contributed by atoms with Gasteiger partial charge in [0.25, 0.3) is 0 Å². The number of carbonyl (C=O) groups is 1. The van der Waals surface area contributed by atoms with Crippen molar-refractivity contribution in [2.24, 2.45) is 0 Å². The summed E-state index contributed by atoms with van der Waals surface area (Å²) >= 11 is 3.89. The van der Waals surface area contributed by atoms with Gasteiger partial charge in [-0.2, -0.15) is 0 Å². The summed E-state index contributed by atoms with van der Waals surface area (Å²) in [4.78, 5) is 11.1. The monoisotopic (exact) mass is 374 g/mol. The van der Waals surface area contributed by atoms with Gasteiger partial charge in [-0.15, -0.1) is 12.6 Å². The highest BCUT2D eigenvalue weighted by Gasteiger charge is 2.35. The average molecular weight is 375 g/mol. The number of unbranched alkanes of at least 4 members (excludes halogenated alkanes) is 2. The van der Waals surface area contributed by atoms with Gasteiger partial charge < -0.3 is 0 Å². The molecule has 0 aromatic heterocycles. The molecule has 0 amide bonds. The molecule has 0 spiro atoms. The number of hydrogen-bond donors (Lipinski definition) is 1. The first-order valence-corrected chi connectivity index (χ1v) is 10.1. The maximum absolute atomic E-state index is 11.1. The van der Waals surface area contributed by atoms with E-state index in [0.29, 0.717) is 6.42 Å². The van der Waals surface area contributed by atoms with Crippen molar-refractivity contribution in [3.05, 3.63) is 108 Å². The van der Waals surface area contributed by atoms with E-state index in [4.69, 9.17) is 0 Å². The van der Waals surface area contributed by atoms with E-state index >= 15 is 0 Å². The zero-order chi connectivity index (χ0) is 19.0. The largest absolute Gasteiger partial charge is 0.288 e. The molecule has 0 fully saturated rings. The Labute approximate surface area is 167 Å². The molecule has 138 valence electrons. The molecule has 3 aromatic carbocycles. The number of benzene rings is 3. The molecule has 0 unspecified atom stereocenters. The Morgan fingerprint density at radius 1 is 0.630 bits per heavy atom. The van der Waals surface area contributed by atoms with E-state index in [1.165, 1.54) is 16.7 Å². The summed E-state index contributed by atoms with van der Waals surface area (Å²) in [6.45, 7) is 0. The lowest BCUT2D eigenvalue weighted by atomic mass is 9.66. The van der Waals surface area contributed by atoms with E-state index in [0.717, 1.165) is 25.7 Å². The van der Waals surface area contributed by atoms with Gasteiger partial charge in [-0.05, 0) is 29.5 Å². The molecule has 0 aliphatic heterocycles. The molecule has 0 N–H and O–H groups in total. The molecule has 0 saturated carbocycles. The second kappa shape index (κ2) is 9.57. The molecular formula is C25H26OS. The van der Waals surface area contributed by atoms with Gasteiger partial charge >= 0.3 is 0 Å². The van der Waals surface area contributed by atoms with Gasteiger partial charge in [0.1, 0.15) is 0 Å². The molecule has 0 heterocycles. The molecule has 0 bridgehead atoms. The van der Waals surface area contributed by atoms with E-state index in [1.807, 2.05) is 0 Å². The van der Waals surface area contributed by atoms with Crippen LogP contribution < -0.4 is 0 Å². The van der Waals surface area contributed by atoms with Gasteiger partial charge in [0.05, 0.1) is 0 Å². The number of hydrogen-bond acceptors (Lipinski definition) is 1. The molecule has 27 heavy (non-hydrogen) atoms. The minimum Gasteiger partial charge on any atom is -0.288 e. The van der Waals surface area contributed by atoms with E-state index in [9.17, 15) is 4.79 Å². The maximum Gasteiger partial charge on any atom is 0.185 e. The lowest BCUT2D eigenvalue weighted by Crippen LogP contribution is -2.29. The molecule has 0 saturated heterocycles. The second-order valence-corrected chi connectivity index (χ2v) is 7.46. The molecule has 0 radical (unpaired) electrons. The summed E-state index contributed by atoms with van der Waals surface area (Å²) in [7, 11) is 0. The number of carbonyl (C=O) groups excluding carboxylic acids is 1. The van der Waals surface area contributed by atoms with Crippen LogP contribution >= 0.6 is 12.6 Å². The molecule has 0 atom stereocenters. The fraction of sp³-hybridized carbons (Fsp3) is 0.240. The Morgan fingerprint density at radius 3 is 1.41 bits per heavy atom. The predicted octanol–water partition coefficient (Wildman–Crippen LogP) is 6.43. The third-order valence-corrected chi connectivity index (χ3v) is 5.47. The summed E-state index contributed by atoms with van der Waals surface area (Å²) in [6.07, 6.45) is 4.54. The van der Waals surface area contributed by atoms with E-state index in [1.54, 1.807) is 0 Å². The van der Waals surface area contributed by atoms with Crippen molar-refractivity contribution in [2.75, 3.05) is 0 Å². The van der Waals surface area contributed by atoms with Gasteiger partial charge in [-0.1, -0.05) is 104 Å². The van der Waals surface area contributed by atoms with Crippen molar-refractivity contribution in [1.82, 2.24) is 0 Å². The molecule has 2 heteroatoms. The smallest absolute Gasteiger partial charge is 0.185 e. The summed E-state index contributed by atoms with van der Waals surface area (Å²) in [5.74, 6) is 0. The fourth-order valence-electron chi connectivity index (χ4n) is 3.94.